The van der Waals surface area contributed by atoms with E-state index in [1.165, 1.54) is 11.3 Å². The zero-order valence-corrected chi connectivity index (χ0v) is 14.0. The number of hydrogen-bond acceptors (Lipinski definition) is 4. The predicted octanol–water partition coefficient (Wildman–Crippen LogP) is 1.97. The lowest BCUT2D eigenvalue weighted by atomic mass is 10.2. The van der Waals surface area contributed by atoms with Crippen LogP contribution in [0, 0.1) is 0 Å². The third-order valence-electron chi connectivity index (χ3n) is 3.93. The molecule has 1 aromatic rings. The Morgan fingerprint density at radius 2 is 2.05 bits per heavy atom. The highest BCUT2D eigenvalue weighted by Gasteiger charge is 2.37. The van der Waals surface area contributed by atoms with Gasteiger partial charge >= 0.3 is 0 Å². The fourth-order valence-corrected chi connectivity index (χ4v) is 4.33. The molecule has 2 aliphatic heterocycles. The molecule has 2 aliphatic rings. The molecule has 0 N–H and O–H groups in total. The molecule has 0 bridgehead atoms. The Balaban J connectivity index is 1.74. The number of amides is 2. The summed E-state index contributed by atoms with van der Waals surface area (Å²) in [5.74, 6) is 0.0258. The van der Waals surface area contributed by atoms with Crippen LogP contribution in [0.4, 0.5) is 0 Å². The highest BCUT2D eigenvalue weighted by atomic mass is 79.9. The summed E-state index contributed by atoms with van der Waals surface area (Å²) in [4.78, 5) is 29.5. The van der Waals surface area contributed by atoms with Gasteiger partial charge in [-0.25, -0.2) is 0 Å². The van der Waals surface area contributed by atoms with Crippen LogP contribution in [0.5, 0.6) is 0 Å². The number of morpholine rings is 1. The molecule has 0 aliphatic carbocycles. The molecular formula is C14H17BrN2O3S. The zero-order valence-electron chi connectivity index (χ0n) is 11.6. The number of rotatable bonds is 2. The summed E-state index contributed by atoms with van der Waals surface area (Å²) in [5.41, 5.74) is 0. The van der Waals surface area contributed by atoms with Crippen molar-refractivity contribution in [1.82, 2.24) is 9.80 Å². The first-order chi connectivity index (χ1) is 10.2. The topological polar surface area (TPSA) is 49.9 Å². The van der Waals surface area contributed by atoms with Gasteiger partial charge in [-0.1, -0.05) is 0 Å². The van der Waals surface area contributed by atoms with Crippen LogP contribution in [-0.4, -0.2) is 60.5 Å². The van der Waals surface area contributed by atoms with Crippen LogP contribution in [0.15, 0.2) is 15.9 Å². The molecule has 1 atom stereocenters. The normalized spacial score (nSPS) is 22.6. The van der Waals surface area contributed by atoms with Gasteiger partial charge in [-0.2, -0.15) is 0 Å². The first-order valence-corrected chi connectivity index (χ1v) is 8.76. The number of nitrogens with zero attached hydrogens (tertiary/aromatic N) is 2. The maximum Gasteiger partial charge on any atom is 0.265 e. The van der Waals surface area contributed by atoms with E-state index in [4.69, 9.17) is 4.74 Å². The summed E-state index contributed by atoms with van der Waals surface area (Å²) in [6.07, 6.45) is 1.64. The van der Waals surface area contributed by atoms with E-state index in [0.29, 0.717) is 37.7 Å². The Morgan fingerprint density at radius 1 is 1.29 bits per heavy atom. The number of ether oxygens (including phenoxy) is 1. The molecule has 0 saturated carbocycles. The lowest BCUT2D eigenvalue weighted by Gasteiger charge is -2.32. The number of hydrogen-bond donors (Lipinski definition) is 0. The summed E-state index contributed by atoms with van der Waals surface area (Å²) in [5, 5.41) is 1.88. The predicted molar refractivity (Wildman–Crippen MR) is 83.5 cm³/mol. The maximum atomic E-state index is 12.6. The number of carbonyl (C=O) groups excluding carboxylic acids is 2. The van der Waals surface area contributed by atoms with Gasteiger partial charge in [0.25, 0.3) is 5.91 Å². The molecule has 3 heterocycles. The van der Waals surface area contributed by atoms with Crippen LogP contribution >= 0.6 is 27.3 Å². The molecule has 2 saturated heterocycles. The van der Waals surface area contributed by atoms with Gasteiger partial charge in [0.15, 0.2) is 0 Å². The van der Waals surface area contributed by atoms with E-state index in [-0.39, 0.29) is 17.9 Å². The van der Waals surface area contributed by atoms with E-state index in [9.17, 15) is 9.59 Å². The van der Waals surface area contributed by atoms with Crippen LogP contribution in [0.3, 0.4) is 0 Å². The second kappa shape index (κ2) is 6.46. The molecular weight excluding hydrogens is 356 g/mol. The van der Waals surface area contributed by atoms with E-state index < -0.39 is 0 Å². The van der Waals surface area contributed by atoms with Gasteiger partial charge in [0.2, 0.25) is 5.91 Å². The Labute approximate surface area is 136 Å². The molecule has 1 unspecified atom stereocenters. The van der Waals surface area contributed by atoms with Crippen molar-refractivity contribution in [2.75, 3.05) is 32.8 Å². The van der Waals surface area contributed by atoms with Crippen molar-refractivity contribution in [3.05, 3.63) is 20.8 Å². The maximum absolute atomic E-state index is 12.6. The molecule has 5 nitrogen and oxygen atoms in total. The minimum Gasteiger partial charge on any atom is -0.378 e. The molecule has 1 aromatic heterocycles. The van der Waals surface area contributed by atoms with Crippen LogP contribution < -0.4 is 0 Å². The van der Waals surface area contributed by atoms with Gasteiger partial charge in [0.05, 0.1) is 13.2 Å². The van der Waals surface area contributed by atoms with Crippen LogP contribution in [0.2, 0.25) is 0 Å². The molecule has 2 amide bonds. The smallest absolute Gasteiger partial charge is 0.265 e. The zero-order chi connectivity index (χ0) is 14.8. The summed E-state index contributed by atoms with van der Waals surface area (Å²) in [6.45, 7) is 3.08. The molecule has 2 fully saturated rings. The first kappa shape index (κ1) is 15.0. The third-order valence-corrected chi connectivity index (χ3v) is 5.76. The van der Waals surface area contributed by atoms with E-state index in [1.807, 2.05) is 16.3 Å². The standard InChI is InChI=1S/C14H17BrN2O3S/c15-10-3-9-21-12(10)14(19)17-4-1-2-11(17)13(18)16-5-7-20-8-6-16/h3,9,11H,1-2,4-8H2. The molecule has 114 valence electrons. The minimum absolute atomic E-state index is 0.0408. The van der Waals surface area contributed by atoms with Gasteiger partial charge in [-0.3, -0.25) is 9.59 Å². The van der Waals surface area contributed by atoms with Crippen molar-refractivity contribution in [3.8, 4) is 0 Å². The van der Waals surface area contributed by atoms with E-state index in [2.05, 4.69) is 15.9 Å². The van der Waals surface area contributed by atoms with Gasteiger partial charge in [-0.15, -0.1) is 11.3 Å². The molecule has 3 rings (SSSR count). The van der Waals surface area contributed by atoms with Crippen molar-refractivity contribution < 1.29 is 14.3 Å². The molecule has 21 heavy (non-hydrogen) atoms. The van der Waals surface area contributed by atoms with E-state index in [1.54, 1.807) is 4.90 Å². The van der Waals surface area contributed by atoms with Crippen molar-refractivity contribution in [2.45, 2.75) is 18.9 Å². The number of carbonyl (C=O) groups is 2. The van der Waals surface area contributed by atoms with Crippen molar-refractivity contribution >= 4 is 39.1 Å². The first-order valence-electron chi connectivity index (χ1n) is 7.09. The number of thiophene rings is 1. The number of halogens is 1. The lowest BCUT2D eigenvalue weighted by molar-refractivity contribution is -0.139. The van der Waals surface area contributed by atoms with Gasteiger partial charge in [0, 0.05) is 24.1 Å². The fraction of sp³-hybridized carbons (Fsp3) is 0.571. The SMILES string of the molecule is O=C(C1CCCN1C(=O)c1sccc1Br)N1CCOCC1. The second-order valence-electron chi connectivity index (χ2n) is 5.19. The monoisotopic (exact) mass is 372 g/mol. The summed E-state index contributed by atoms with van der Waals surface area (Å²) >= 11 is 4.81. The summed E-state index contributed by atoms with van der Waals surface area (Å²) in [7, 11) is 0. The highest BCUT2D eigenvalue weighted by Crippen LogP contribution is 2.28. The van der Waals surface area contributed by atoms with Crippen molar-refractivity contribution in [2.24, 2.45) is 0 Å². The average molecular weight is 373 g/mol. The Morgan fingerprint density at radius 3 is 2.71 bits per heavy atom. The van der Waals surface area contributed by atoms with Gasteiger partial charge in [-0.05, 0) is 40.2 Å². The van der Waals surface area contributed by atoms with Gasteiger partial charge < -0.3 is 14.5 Å². The van der Waals surface area contributed by atoms with E-state index in [0.717, 1.165) is 17.3 Å². The van der Waals surface area contributed by atoms with E-state index >= 15 is 0 Å². The van der Waals surface area contributed by atoms with Crippen molar-refractivity contribution in [1.29, 1.82) is 0 Å². The minimum atomic E-state index is -0.315. The van der Waals surface area contributed by atoms with Crippen LogP contribution in [-0.2, 0) is 9.53 Å². The molecule has 0 spiro atoms. The quantitative estimate of drug-likeness (QED) is 0.797. The Hall–Kier alpha value is -0.920. The summed E-state index contributed by atoms with van der Waals surface area (Å²) < 4.78 is 6.09. The van der Waals surface area contributed by atoms with Crippen LogP contribution in [0.1, 0.15) is 22.5 Å². The number of likely N-dealkylation sites (tertiary alicyclic amines) is 1. The molecule has 7 heteroatoms. The van der Waals surface area contributed by atoms with Crippen molar-refractivity contribution in [3.63, 3.8) is 0 Å². The lowest BCUT2D eigenvalue weighted by Crippen LogP contribution is -2.51. The third kappa shape index (κ3) is 3.00. The van der Waals surface area contributed by atoms with Gasteiger partial charge in [0.1, 0.15) is 10.9 Å². The Bertz CT molecular complexity index is 542. The fourth-order valence-electron chi connectivity index (χ4n) is 2.84. The molecule has 0 radical (unpaired) electrons. The Kier molecular flexibility index (Phi) is 4.61. The average Bonchev–Trinajstić information content (AvgIpc) is 3.15. The van der Waals surface area contributed by atoms with Crippen LogP contribution in [0.25, 0.3) is 0 Å². The molecule has 0 aromatic carbocycles. The largest absolute Gasteiger partial charge is 0.378 e. The highest BCUT2D eigenvalue weighted by molar-refractivity contribution is 9.10. The second-order valence-corrected chi connectivity index (χ2v) is 6.96. The summed E-state index contributed by atoms with van der Waals surface area (Å²) in [6, 6.07) is 1.55.